The lowest BCUT2D eigenvalue weighted by atomic mass is 10.0. The van der Waals surface area contributed by atoms with E-state index < -0.39 is 29.8 Å². The number of amides is 2. The number of carbonyl (C=O) groups excluding carboxylic acids is 3. The molecule has 0 bridgehead atoms. The van der Waals surface area contributed by atoms with Gasteiger partial charge in [0.25, 0.3) is 0 Å². The van der Waals surface area contributed by atoms with Crippen LogP contribution in [0, 0.1) is 0 Å². The van der Waals surface area contributed by atoms with Gasteiger partial charge in [-0.1, -0.05) is 12.1 Å². The summed E-state index contributed by atoms with van der Waals surface area (Å²) in [5, 5.41) is 0. The highest BCUT2D eigenvalue weighted by Gasteiger charge is 2.42. The van der Waals surface area contributed by atoms with Crippen molar-refractivity contribution in [3.8, 4) is 5.75 Å². The molecule has 1 aromatic rings. The number of hydrogen-bond acceptors (Lipinski definition) is 6. The number of imide groups is 1. The molecule has 1 fully saturated rings. The van der Waals surface area contributed by atoms with E-state index in [4.69, 9.17) is 9.47 Å². The monoisotopic (exact) mass is 321 g/mol. The highest BCUT2D eigenvalue weighted by molar-refractivity contribution is 5.97. The first kappa shape index (κ1) is 16.8. The molecule has 0 N–H and O–H groups in total. The van der Waals surface area contributed by atoms with Gasteiger partial charge >= 0.3 is 18.2 Å². The number of esters is 1. The van der Waals surface area contributed by atoms with E-state index in [1.165, 1.54) is 7.11 Å². The summed E-state index contributed by atoms with van der Waals surface area (Å²) in [4.78, 5) is 36.7. The molecule has 7 nitrogen and oxygen atoms in total. The summed E-state index contributed by atoms with van der Waals surface area (Å²) in [6.07, 6.45) is -2.01. The summed E-state index contributed by atoms with van der Waals surface area (Å²) in [5.41, 5.74) is -0.162. The van der Waals surface area contributed by atoms with Gasteiger partial charge in [0.15, 0.2) is 0 Å². The van der Waals surface area contributed by atoms with Gasteiger partial charge in [-0.2, -0.15) is 0 Å². The van der Waals surface area contributed by atoms with E-state index in [9.17, 15) is 14.4 Å². The van der Waals surface area contributed by atoms with Gasteiger partial charge in [0.2, 0.25) is 0 Å². The number of ether oxygens (including phenoxy) is 3. The summed E-state index contributed by atoms with van der Waals surface area (Å²) < 4.78 is 14.9. The molecule has 0 unspecified atom stereocenters. The zero-order valence-corrected chi connectivity index (χ0v) is 13.5. The van der Waals surface area contributed by atoms with Crippen molar-refractivity contribution >= 4 is 18.2 Å². The van der Waals surface area contributed by atoms with E-state index in [2.05, 4.69) is 4.74 Å². The molecule has 0 saturated carbocycles. The fourth-order valence-corrected chi connectivity index (χ4v) is 2.17. The van der Waals surface area contributed by atoms with Crippen LogP contribution in [0.2, 0.25) is 0 Å². The maximum atomic E-state index is 12.3. The zero-order valence-electron chi connectivity index (χ0n) is 13.5. The number of methoxy groups -OCH3 is 1. The highest BCUT2D eigenvalue weighted by Crippen LogP contribution is 2.31. The molecule has 0 radical (unpaired) electrons. The minimum Gasteiger partial charge on any atom is -0.497 e. The summed E-state index contributed by atoms with van der Waals surface area (Å²) in [7, 11) is 1.53. The average molecular weight is 321 g/mol. The van der Waals surface area contributed by atoms with E-state index in [1.807, 2.05) is 0 Å². The molecule has 1 heterocycles. The Morgan fingerprint density at radius 1 is 1.22 bits per heavy atom. The smallest absolute Gasteiger partial charge is 0.427 e. The van der Waals surface area contributed by atoms with Crippen molar-refractivity contribution in [3.63, 3.8) is 0 Å². The predicted octanol–water partition coefficient (Wildman–Crippen LogP) is 3.04. The van der Waals surface area contributed by atoms with Crippen molar-refractivity contribution < 1.29 is 28.6 Å². The van der Waals surface area contributed by atoms with Crippen LogP contribution in [0.1, 0.15) is 38.8 Å². The van der Waals surface area contributed by atoms with Crippen LogP contribution >= 0.6 is 0 Å². The van der Waals surface area contributed by atoms with Crippen molar-refractivity contribution in [2.75, 3.05) is 7.11 Å². The molecular formula is C16H19NO6. The van der Waals surface area contributed by atoms with E-state index in [0.717, 1.165) is 4.90 Å². The van der Waals surface area contributed by atoms with Gasteiger partial charge in [-0.3, -0.25) is 4.79 Å². The molecule has 2 amide bonds. The highest BCUT2D eigenvalue weighted by atomic mass is 16.6. The Bertz CT molecular complexity index is 616. The Morgan fingerprint density at radius 3 is 2.35 bits per heavy atom. The Kier molecular flexibility index (Phi) is 4.58. The Hall–Kier alpha value is -2.57. The maximum Gasteiger partial charge on any atom is 0.427 e. The fourth-order valence-electron chi connectivity index (χ4n) is 2.17. The first-order valence-electron chi connectivity index (χ1n) is 7.12. The van der Waals surface area contributed by atoms with Gasteiger partial charge in [-0.25, -0.2) is 14.5 Å². The number of benzene rings is 1. The molecule has 1 saturated heterocycles. The molecule has 1 aromatic carbocycles. The molecule has 124 valence electrons. The van der Waals surface area contributed by atoms with Crippen LogP contribution < -0.4 is 4.74 Å². The molecule has 2 rings (SSSR count). The molecule has 7 heteroatoms. The quantitative estimate of drug-likeness (QED) is 0.615. The first-order chi connectivity index (χ1) is 10.7. The third-order valence-electron chi connectivity index (χ3n) is 3.16. The fraction of sp³-hybridized carbons (Fsp3) is 0.438. The molecule has 0 aromatic heterocycles. The second-order valence-corrected chi connectivity index (χ2v) is 6.08. The zero-order chi connectivity index (χ0) is 17.2. The van der Waals surface area contributed by atoms with Crippen molar-refractivity contribution in [3.05, 3.63) is 29.8 Å². The molecular weight excluding hydrogens is 302 g/mol. The van der Waals surface area contributed by atoms with Gasteiger partial charge in [-0.05, 0) is 38.5 Å². The van der Waals surface area contributed by atoms with Crippen LogP contribution in [0.25, 0.3) is 0 Å². The number of rotatable bonds is 2. The SMILES string of the molecule is COc1ccc([C@H]2CC(=O)OC(=O)N2C(=O)OC(C)(C)C)cc1. The lowest BCUT2D eigenvalue weighted by Gasteiger charge is -2.33. The molecule has 1 aliphatic rings. The van der Waals surface area contributed by atoms with Crippen LogP contribution in [0.3, 0.4) is 0 Å². The second kappa shape index (κ2) is 6.28. The first-order valence-corrected chi connectivity index (χ1v) is 7.12. The molecule has 0 spiro atoms. The van der Waals surface area contributed by atoms with E-state index in [1.54, 1.807) is 45.0 Å². The minimum atomic E-state index is -1.03. The van der Waals surface area contributed by atoms with Crippen LogP contribution in [-0.2, 0) is 14.3 Å². The molecule has 1 aliphatic heterocycles. The third-order valence-corrected chi connectivity index (χ3v) is 3.16. The van der Waals surface area contributed by atoms with Crippen LogP contribution in [0.5, 0.6) is 5.75 Å². The summed E-state index contributed by atoms with van der Waals surface area (Å²) in [6.45, 7) is 5.06. The van der Waals surface area contributed by atoms with E-state index >= 15 is 0 Å². The largest absolute Gasteiger partial charge is 0.497 e. The third kappa shape index (κ3) is 4.00. The molecule has 0 aliphatic carbocycles. The topological polar surface area (TPSA) is 82.1 Å². The average Bonchev–Trinajstić information content (AvgIpc) is 2.44. The maximum absolute atomic E-state index is 12.3. The molecule has 1 atom stereocenters. The van der Waals surface area contributed by atoms with Gasteiger partial charge in [0, 0.05) is 0 Å². The van der Waals surface area contributed by atoms with Crippen LogP contribution in [-0.4, -0.2) is 35.8 Å². The Labute approximate surface area is 134 Å². The standard InChI is InChI=1S/C16H19NO6/c1-16(2,3)23-15(20)17-12(9-13(18)22-14(17)19)10-5-7-11(21-4)8-6-10/h5-8,12H,9H2,1-4H3/t12-/m1/s1. The predicted molar refractivity (Wildman–Crippen MR) is 79.9 cm³/mol. The normalized spacial score (nSPS) is 18.4. The summed E-state index contributed by atoms with van der Waals surface area (Å²) >= 11 is 0. The Morgan fingerprint density at radius 2 is 1.83 bits per heavy atom. The van der Waals surface area contributed by atoms with Crippen molar-refractivity contribution in [1.29, 1.82) is 0 Å². The van der Waals surface area contributed by atoms with Crippen LogP contribution in [0.15, 0.2) is 24.3 Å². The lowest BCUT2D eigenvalue weighted by molar-refractivity contribution is -0.143. The van der Waals surface area contributed by atoms with Crippen molar-refractivity contribution in [2.24, 2.45) is 0 Å². The van der Waals surface area contributed by atoms with Crippen LogP contribution in [0.4, 0.5) is 9.59 Å². The Balaban J connectivity index is 2.32. The van der Waals surface area contributed by atoms with Crippen molar-refractivity contribution in [2.45, 2.75) is 38.8 Å². The number of nitrogens with zero attached hydrogens (tertiary/aromatic N) is 1. The minimum absolute atomic E-state index is 0.128. The van der Waals surface area contributed by atoms with Gasteiger partial charge in [0.1, 0.15) is 11.4 Å². The molecule has 23 heavy (non-hydrogen) atoms. The van der Waals surface area contributed by atoms with Gasteiger partial charge in [-0.15, -0.1) is 0 Å². The second-order valence-electron chi connectivity index (χ2n) is 6.08. The summed E-state index contributed by atoms with van der Waals surface area (Å²) in [5.74, 6) is -0.0575. The summed E-state index contributed by atoms with van der Waals surface area (Å²) in [6, 6.07) is 5.98. The van der Waals surface area contributed by atoms with Gasteiger partial charge in [0.05, 0.1) is 19.6 Å². The number of hydrogen-bond donors (Lipinski definition) is 0. The number of cyclic esters (lactones) is 2. The van der Waals surface area contributed by atoms with Crippen molar-refractivity contribution in [1.82, 2.24) is 4.90 Å². The lowest BCUT2D eigenvalue weighted by Crippen LogP contribution is -2.48. The number of carbonyl (C=O) groups is 3. The van der Waals surface area contributed by atoms with Gasteiger partial charge < -0.3 is 14.2 Å². The van der Waals surface area contributed by atoms with E-state index in [0.29, 0.717) is 11.3 Å². The van der Waals surface area contributed by atoms with E-state index in [-0.39, 0.29) is 6.42 Å².